The van der Waals surface area contributed by atoms with Gasteiger partial charge in [-0.2, -0.15) is 0 Å². The molecular weight excluding hydrogens is 416 g/mol. The number of hydrogen-bond acceptors (Lipinski definition) is 4. The van der Waals surface area contributed by atoms with E-state index in [9.17, 15) is 9.59 Å². The van der Waals surface area contributed by atoms with E-state index in [4.69, 9.17) is 9.47 Å². The molecule has 0 saturated carbocycles. The molecule has 2 atom stereocenters. The maximum Gasteiger partial charge on any atom is 0.228 e. The van der Waals surface area contributed by atoms with Gasteiger partial charge in [-0.3, -0.25) is 9.59 Å². The van der Waals surface area contributed by atoms with Crippen molar-refractivity contribution in [3.63, 3.8) is 0 Å². The Bertz CT molecular complexity index is 1030. The fraction of sp³-hybridized carbons (Fsp3) is 0.481. The molecule has 2 aromatic rings. The molecule has 2 aliphatic rings. The SMILES string of the molecule is COc1ccc(CCN2CC(C(=O)N3CCCC3c3ccc(C)c(C)c3)CC2=O)cc1OC. The number of methoxy groups -OCH3 is 2. The largest absolute Gasteiger partial charge is 0.493 e. The quantitative estimate of drug-likeness (QED) is 0.638. The molecule has 6 heteroatoms. The van der Waals surface area contributed by atoms with Gasteiger partial charge in [-0.25, -0.2) is 0 Å². The van der Waals surface area contributed by atoms with Crippen LogP contribution < -0.4 is 9.47 Å². The van der Waals surface area contributed by atoms with Gasteiger partial charge in [0, 0.05) is 26.1 Å². The first-order chi connectivity index (χ1) is 15.9. The molecule has 2 aromatic carbocycles. The van der Waals surface area contributed by atoms with Gasteiger partial charge in [-0.1, -0.05) is 24.3 Å². The third-order valence-corrected chi connectivity index (χ3v) is 7.13. The van der Waals surface area contributed by atoms with Crippen LogP contribution in [-0.2, 0) is 16.0 Å². The number of carbonyl (C=O) groups is 2. The monoisotopic (exact) mass is 450 g/mol. The molecule has 2 fully saturated rings. The maximum absolute atomic E-state index is 13.4. The number of nitrogens with zero attached hydrogens (tertiary/aromatic N) is 2. The van der Waals surface area contributed by atoms with Gasteiger partial charge < -0.3 is 19.3 Å². The van der Waals surface area contributed by atoms with Crippen LogP contribution in [0.2, 0.25) is 0 Å². The molecular formula is C27H34N2O4. The summed E-state index contributed by atoms with van der Waals surface area (Å²) in [6, 6.07) is 12.4. The predicted molar refractivity (Wildman–Crippen MR) is 128 cm³/mol. The van der Waals surface area contributed by atoms with E-state index in [0.29, 0.717) is 37.4 Å². The summed E-state index contributed by atoms with van der Waals surface area (Å²) in [6.45, 7) is 6.09. The van der Waals surface area contributed by atoms with Gasteiger partial charge in [0.25, 0.3) is 0 Å². The third-order valence-electron chi connectivity index (χ3n) is 7.13. The zero-order valence-corrected chi connectivity index (χ0v) is 20.1. The number of likely N-dealkylation sites (tertiary alicyclic amines) is 2. The standard InChI is InChI=1S/C27H34N2O4/c1-18-7-9-21(14-19(18)2)23-6-5-12-29(23)27(31)22-16-26(30)28(17-22)13-11-20-8-10-24(32-3)25(15-20)33-4/h7-10,14-15,22-23H,5-6,11-13,16-17H2,1-4H3. The molecule has 2 saturated heterocycles. The minimum Gasteiger partial charge on any atom is -0.493 e. The second kappa shape index (κ2) is 9.86. The van der Waals surface area contributed by atoms with Crippen LogP contribution in [0.4, 0.5) is 0 Å². The van der Waals surface area contributed by atoms with Crippen LogP contribution in [0, 0.1) is 19.8 Å². The normalized spacial score (nSPS) is 20.4. The molecule has 2 amide bonds. The molecule has 0 radical (unpaired) electrons. The molecule has 176 valence electrons. The molecule has 4 rings (SSSR count). The lowest BCUT2D eigenvalue weighted by atomic mass is 9.98. The average molecular weight is 451 g/mol. The smallest absolute Gasteiger partial charge is 0.228 e. The second-order valence-electron chi connectivity index (χ2n) is 9.21. The summed E-state index contributed by atoms with van der Waals surface area (Å²) in [7, 11) is 3.23. The highest BCUT2D eigenvalue weighted by molar-refractivity contribution is 5.89. The zero-order chi connectivity index (χ0) is 23.5. The summed E-state index contributed by atoms with van der Waals surface area (Å²) in [4.78, 5) is 30.0. The van der Waals surface area contributed by atoms with Gasteiger partial charge in [0.05, 0.1) is 26.2 Å². The number of benzene rings is 2. The van der Waals surface area contributed by atoms with E-state index in [-0.39, 0.29) is 23.8 Å². The van der Waals surface area contributed by atoms with Crippen LogP contribution in [0.5, 0.6) is 11.5 Å². The summed E-state index contributed by atoms with van der Waals surface area (Å²) in [5.74, 6) is 1.30. The minimum atomic E-state index is -0.255. The number of carbonyl (C=O) groups excluding carboxylic acids is 2. The van der Waals surface area contributed by atoms with Gasteiger partial charge in [0.15, 0.2) is 11.5 Å². The van der Waals surface area contributed by atoms with Gasteiger partial charge >= 0.3 is 0 Å². The van der Waals surface area contributed by atoms with E-state index < -0.39 is 0 Å². The number of rotatable bonds is 7. The topological polar surface area (TPSA) is 59.1 Å². The van der Waals surface area contributed by atoms with Crippen LogP contribution in [0.1, 0.15) is 47.6 Å². The van der Waals surface area contributed by atoms with Crippen LogP contribution in [0.25, 0.3) is 0 Å². The highest BCUT2D eigenvalue weighted by atomic mass is 16.5. The van der Waals surface area contributed by atoms with Gasteiger partial charge in [0.2, 0.25) is 11.8 Å². The van der Waals surface area contributed by atoms with Crippen LogP contribution in [-0.4, -0.2) is 55.5 Å². The second-order valence-corrected chi connectivity index (χ2v) is 9.21. The summed E-state index contributed by atoms with van der Waals surface area (Å²) in [5.41, 5.74) is 4.80. The molecule has 0 spiro atoms. The lowest BCUT2D eigenvalue weighted by Gasteiger charge is -2.28. The van der Waals surface area contributed by atoms with Crippen molar-refractivity contribution >= 4 is 11.8 Å². The van der Waals surface area contributed by atoms with Crippen molar-refractivity contribution in [3.05, 3.63) is 58.7 Å². The Balaban J connectivity index is 1.39. The highest BCUT2D eigenvalue weighted by Gasteiger charge is 2.40. The van der Waals surface area contributed by atoms with Crippen LogP contribution in [0.15, 0.2) is 36.4 Å². The van der Waals surface area contributed by atoms with Crippen molar-refractivity contribution in [2.24, 2.45) is 5.92 Å². The molecule has 2 heterocycles. The Morgan fingerprint density at radius 3 is 2.55 bits per heavy atom. The lowest BCUT2D eigenvalue weighted by molar-refractivity contribution is -0.136. The molecule has 2 unspecified atom stereocenters. The Hall–Kier alpha value is -3.02. The third kappa shape index (κ3) is 4.85. The summed E-state index contributed by atoms with van der Waals surface area (Å²) in [5, 5.41) is 0. The van der Waals surface area contributed by atoms with Gasteiger partial charge in [-0.05, 0) is 67.5 Å². The zero-order valence-electron chi connectivity index (χ0n) is 20.1. The number of amides is 2. The maximum atomic E-state index is 13.4. The van der Waals surface area contributed by atoms with E-state index in [0.717, 1.165) is 24.9 Å². The Kier molecular flexibility index (Phi) is 6.91. The lowest BCUT2D eigenvalue weighted by Crippen LogP contribution is -2.37. The number of ether oxygens (including phenoxy) is 2. The van der Waals surface area contributed by atoms with Gasteiger partial charge in [0.1, 0.15) is 0 Å². The van der Waals surface area contributed by atoms with Crippen LogP contribution >= 0.6 is 0 Å². The minimum absolute atomic E-state index is 0.0655. The molecule has 0 N–H and O–H groups in total. The Labute approximate surface area is 196 Å². The fourth-order valence-corrected chi connectivity index (χ4v) is 5.04. The summed E-state index contributed by atoms with van der Waals surface area (Å²) >= 11 is 0. The van der Waals surface area contributed by atoms with Crippen molar-refractivity contribution in [2.75, 3.05) is 33.9 Å². The van der Waals surface area contributed by atoms with E-state index >= 15 is 0 Å². The first kappa shape index (κ1) is 23.1. The summed E-state index contributed by atoms with van der Waals surface area (Å²) in [6.07, 6.45) is 3.01. The van der Waals surface area contributed by atoms with E-state index in [2.05, 4.69) is 32.0 Å². The molecule has 2 aliphatic heterocycles. The van der Waals surface area contributed by atoms with Crippen molar-refractivity contribution < 1.29 is 19.1 Å². The van der Waals surface area contributed by atoms with E-state index in [1.54, 1.807) is 14.2 Å². The summed E-state index contributed by atoms with van der Waals surface area (Å²) < 4.78 is 10.7. The van der Waals surface area contributed by atoms with Crippen molar-refractivity contribution in [2.45, 2.75) is 45.6 Å². The van der Waals surface area contributed by atoms with Crippen molar-refractivity contribution in [1.29, 1.82) is 0 Å². The molecule has 0 aromatic heterocycles. The number of aryl methyl sites for hydroxylation is 2. The Morgan fingerprint density at radius 1 is 1.03 bits per heavy atom. The molecule has 6 nitrogen and oxygen atoms in total. The molecule has 0 bridgehead atoms. The van der Waals surface area contributed by atoms with Crippen molar-refractivity contribution in [1.82, 2.24) is 9.80 Å². The first-order valence-electron chi connectivity index (χ1n) is 11.8. The van der Waals surface area contributed by atoms with Crippen molar-refractivity contribution in [3.8, 4) is 11.5 Å². The average Bonchev–Trinajstić information content (AvgIpc) is 3.45. The Morgan fingerprint density at radius 2 is 1.82 bits per heavy atom. The fourth-order valence-electron chi connectivity index (χ4n) is 5.04. The van der Waals surface area contributed by atoms with Crippen LogP contribution in [0.3, 0.4) is 0 Å². The van der Waals surface area contributed by atoms with E-state index in [1.807, 2.05) is 28.0 Å². The van der Waals surface area contributed by atoms with E-state index in [1.165, 1.54) is 16.7 Å². The van der Waals surface area contributed by atoms with Gasteiger partial charge in [-0.15, -0.1) is 0 Å². The first-order valence-corrected chi connectivity index (χ1v) is 11.8. The number of hydrogen-bond donors (Lipinski definition) is 0. The predicted octanol–water partition coefficient (Wildman–Crippen LogP) is 4.08. The molecule has 33 heavy (non-hydrogen) atoms. The highest BCUT2D eigenvalue weighted by Crippen LogP contribution is 2.35. The molecule has 0 aliphatic carbocycles.